The Bertz CT molecular complexity index is 415. The fourth-order valence-corrected chi connectivity index (χ4v) is 1.22. The maximum Gasteiger partial charge on any atom is 0.371 e. The zero-order valence-electron chi connectivity index (χ0n) is 10.3. The largest absolute Gasteiger partial charge is 0.475 e. The van der Waals surface area contributed by atoms with Crippen LogP contribution < -0.4 is 5.32 Å². The van der Waals surface area contributed by atoms with Crippen molar-refractivity contribution in [3.05, 3.63) is 23.7 Å². The van der Waals surface area contributed by atoms with E-state index in [2.05, 4.69) is 5.32 Å². The van der Waals surface area contributed by atoms with Crippen molar-refractivity contribution in [1.82, 2.24) is 10.2 Å². The van der Waals surface area contributed by atoms with E-state index in [9.17, 15) is 9.59 Å². The molecule has 0 aliphatic heterocycles. The number of methoxy groups -OCH3 is 1. The monoisotopic (exact) mass is 256 g/mol. The van der Waals surface area contributed by atoms with Crippen LogP contribution in [0.25, 0.3) is 0 Å². The summed E-state index contributed by atoms with van der Waals surface area (Å²) in [5, 5.41) is 11.3. The summed E-state index contributed by atoms with van der Waals surface area (Å²) < 4.78 is 9.85. The molecule has 1 aromatic rings. The molecule has 0 fully saturated rings. The molecule has 0 saturated carbocycles. The number of hydrogen-bond acceptors (Lipinski definition) is 4. The number of rotatable bonds is 6. The van der Waals surface area contributed by atoms with E-state index in [1.807, 2.05) is 0 Å². The van der Waals surface area contributed by atoms with Crippen LogP contribution in [0.5, 0.6) is 0 Å². The van der Waals surface area contributed by atoms with Gasteiger partial charge in [-0.3, -0.25) is 0 Å². The maximum absolute atomic E-state index is 11.6. The smallest absolute Gasteiger partial charge is 0.371 e. The minimum atomic E-state index is -1.13. The number of nitrogens with zero attached hydrogens (tertiary/aromatic N) is 1. The van der Waals surface area contributed by atoms with Gasteiger partial charge in [-0.2, -0.15) is 0 Å². The number of ether oxygens (including phenoxy) is 1. The summed E-state index contributed by atoms with van der Waals surface area (Å²) in [7, 11) is 3.20. The van der Waals surface area contributed by atoms with Gasteiger partial charge in [0.2, 0.25) is 5.76 Å². The molecular weight excluding hydrogens is 240 g/mol. The predicted octanol–water partition coefficient (Wildman–Crippen LogP) is 0.766. The second-order valence-electron chi connectivity index (χ2n) is 3.64. The van der Waals surface area contributed by atoms with E-state index in [0.29, 0.717) is 18.9 Å². The average Bonchev–Trinajstić information content (AvgIpc) is 2.81. The number of nitrogens with one attached hydrogen (secondary N) is 1. The molecule has 100 valence electrons. The third kappa shape index (κ3) is 4.10. The molecule has 1 rings (SSSR count). The molecular formula is C11H16N2O5. The average molecular weight is 256 g/mol. The highest BCUT2D eigenvalue weighted by molar-refractivity contribution is 5.84. The maximum atomic E-state index is 11.6. The van der Waals surface area contributed by atoms with Crippen molar-refractivity contribution in [2.75, 3.05) is 27.3 Å². The van der Waals surface area contributed by atoms with Crippen LogP contribution in [0.15, 0.2) is 16.5 Å². The number of carbonyl (C=O) groups excluding carboxylic acids is 1. The predicted molar refractivity (Wildman–Crippen MR) is 62.4 cm³/mol. The number of carboxylic acid groups (broad SMARTS) is 1. The van der Waals surface area contributed by atoms with Crippen molar-refractivity contribution >= 4 is 12.0 Å². The van der Waals surface area contributed by atoms with Gasteiger partial charge in [0.05, 0.1) is 13.2 Å². The van der Waals surface area contributed by atoms with E-state index < -0.39 is 5.97 Å². The number of likely N-dealkylation sites (N-methyl/N-ethyl adjacent to an activating group) is 1. The number of urea groups is 1. The van der Waals surface area contributed by atoms with Crippen molar-refractivity contribution in [1.29, 1.82) is 0 Å². The lowest BCUT2D eigenvalue weighted by molar-refractivity contribution is 0.0660. The van der Waals surface area contributed by atoms with Gasteiger partial charge in [-0.15, -0.1) is 0 Å². The van der Waals surface area contributed by atoms with E-state index in [1.165, 1.54) is 17.0 Å². The molecule has 18 heavy (non-hydrogen) atoms. The van der Waals surface area contributed by atoms with Crippen LogP contribution >= 0.6 is 0 Å². The van der Waals surface area contributed by atoms with Gasteiger partial charge in [-0.25, -0.2) is 9.59 Å². The molecule has 7 nitrogen and oxygen atoms in total. The number of amides is 2. The SMILES string of the molecule is COCCN(C)C(=O)NCc1ccc(C(=O)O)o1. The Labute approximate surface area is 104 Å². The third-order valence-electron chi connectivity index (χ3n) is 2.26. The Morgan fingerprint density at radius 1 is 1.50 bits per heavy atom. The lowest BCUT2D eigenvalue weighted by Crippen LogP contribution is -2.38. The highest BCUT2D eigenvalue weighted by Gasteiger charge is 2.11. The highest BCUT2D eigenvalue weighted by atomic mass is 16.5. The normalized spacial score (nSPS) is 10.1. The first-order valence-electron chi connectivity index (χ1n) is 5.34. The van der Waals surface area contributed by atoms with Crippen LogP contribution in [0.4, 0.5) is 4.79 Å². The molecule has 0 atom stereocenters. The van der Waals surface area contributed by atoms with Crippen LogP contribution in [-0.2, 0) is 11.3 Å². The van der Waals surface area contributed by atoms with E-state index in [0.717, 1.165) is 0 Å². The lowest BCUT2D eigenvalue weighted by atomic mass is 10.4. The van der Waals surface area contributed by atoms with Crippen molar-refractivity contribution < 1.29 is 23.8 Å². The molecule has 0 aromatic carbocycles. The number of furan rings is 1. The van der Waals surface area contributed by atoms with Crippen molar-refractivity contribution in [2.45, 2.75) is 6.54 Å². The molecule has 2 amide bonds. The number of carboxylic acids is 1. The molecule has 0 bridgehead atoms. The number of hydrogen-bond donors (Lipinski definition) is 2. The Morgan fingerprint density at radius 3 is 2.78 bits per heavy atom. The highest BCUT2D eigenvalue weighted by Crippen LogP contribution is 2.07. The molecule has 0 radical (unpaired) electrons. The van der Waals surface area contributed by atoms with Crippen molar-refractivity contribution in [3.8, 4) is 0 Å². The van der Waals surface area contributed by atoms with Gasteiger partial charge in [-0.1, -0.05) is 0 Å². The van der Waals surface area contributed by atoms with Gasteiger partial charge >= 0.3 is 12.0 Å². The van der Waals surface area contributed by atoms with E-state index in [1.54, 1.807) is 14.2 Å². The van der Waals surface area contributed by atoms with Crippen LogP contribution in [0.3, 0.4) is 0 Å². The summed E-state index contributed by atoms with van der Waals surface area (Å²) in [4.78, 5) is 23.6. The molecule has 1 aromatic heterocycles. The van der Waals surface area contributed by atoms with E-state index in [-0.39, 0.29) is 18.3 Å². The topological polar surface area (TPSA) is 92.0 Å². The van der Waals surface area contributed by atoms with Crippen LogP contribution in [-0.4, -0.2) is 49.3 Å². The quantitative estimate of drug-likeness (QED) is 0.784. The molecule has 0 spiro atoms. The fraction of sp³-hybridized carbons (Fsp3) is 0.455. The first-order chi connectivity index (χ1) is 8.54. The van der Waals surface area contributed by atoms with Crippen LogP contribution in [0, 0.1) is 0 Å². The van der Waals surface area contributed by atoms with Crippen molar-refractivity contribution in [3.63, 3.8) is 0 Å². The molecule has 2 N–H and O–H groups in total. The number of carbonyl (C=O) groups is 2. The molecule has 7 heteroatoms. The summed E-state index contributed by atoms with van der Waals surface area (Å²) >= 11 is 0. The van der Waals surface area contributed by atoms with Gasteiger partial charge in [0.15, 0.2) is 0 Å². The Morgan fingerprint density at radius 2 is 2.22 bits per heavy atom. The Hall–Kier alpha value is -2.02. The third-order valence-corrected chi connectivity index (χ3v) is 2.26. The Balaban J connectivity index is 2.39. The summed E-state index contributed by atoms with van der Waals surface area (Å²) in [6.45, 7) is 1.07. The lowest BCUT2D eigenvalue weighted by Gasteiger charge is -2.16. The standard InChI is InChI=1S/C11H16N2O5/c1-13(5-6-17-2)11(16)12-7-8-3-4-9(18-8)10(14)15/h3-4H,5-7H2,1-2H3,(H,12,16)(H,14,15). The first kappa shape index (κ1) is 14.0. The molecule has 0 aliphatic carbocycles. The zero-order valence-corrected chi connectivity index (χ0v) is 10.3. The fourth-order valence-electron chi connectivity index (χ4n) is 1.22. The van der Waals surface area contributed by atoms with Crippen LogP contribution in [0.2, 0.25) is 0 Å². The minimum absolute atomic E-state index is 0.142. The summed E-state index contributed by atoms with van der Waals surface area (Å²) in [5.41, 5.74) is 0. The minimum Gasteiger partial charge on any atom is -0.475 e. The number of aromatic carboxylic acids is 1. The van der Waals surface area contributed by atoms with Gasteiger partial charge in [0.25, 0.3) is 0 Å². The van der Waals surface area contributed by atoms with Gasteiger partial charge < -0.3 is 24.5 Å². The van der Waals surface area contributed by atoms with Crippen molar-refractivity contribution in [2.24, 2.45) is 0 Å². The summed E-state index contributed by atoms with van der Waals surface area (Å²) in [6.07, 6.45) is 0. The Kier molecular flexibility index (Phi) is 5.19. The second-order valence-corrected chi connectivity index (χ2v) is 3.64. The van der Waals surface area contributed by atoms with Crippen LogP contribution in [0.1, 0.15) is 16.3 Å². The molecule has 0 saturated heterocycles. The summed E-state index contributed by atoms with van der Waals surface area (Å²) in [5.74, 6) is -0.891. The first-order valence-corrected chi connectivity index (χ1v) is 5.34. The molecule has 0 aliphatic rings. The zero-order chi connectivity index (χ0) is 13.5. The summed E-state index contributed by atoms with van der Waals surface area (Å²) in [6, 6.07) is 2.58. The van der Waals surface area contributed by atoms with Gasteiger partial charge in [0.1, 0.15) is 5.76 Å². The second kappa shape index (κ2) is 6.65. The van der Waals surface area contributed by atoms with Gasteiger partial charge in [0, 0.05) is 20.7 Å². The van der Waals surface area contributed by atoms with Gasteiger partial charge in [-0.05, 0) is 12.1 Å². The van der Waals surface area contributed by atoms with E-state index in [4.69, 9.17) is 14.3 Å². The molecule has 0 unspecified atom stereocenters. The molecule has 1 heterocycles. The van der Waals surface area contributed by atoms with E-state index >= 15 is 0 Å².